The number of carboxylic acids is 1. The fraction of sp³-hybridized carbons (Fsp3) is 0.905. The van der Waals surface area contributed by atoms with E-state index in [9.17, 15) is 9.59 Å². The number of hydrogen-bond donors (Lipinski definition) is 3. The summed E-state index contributed by atoms with van der Waals surface area (Å²) >= 11 is 0. The van der Waals surface area contributed by atoms with Crippen molar-refractivity contribution in [3.8, 4) is 0 Å². The minimum atomic E-state index is -1.16. The van der Waals surface area contributed by atoms with Gasteiger partial charge < -0.3 is 25.2 Å². The van der Waals surface area contributed by atoms with E-state index in [-0.39, 0.29) is 6.61 Å². The third-order valence-electron chi connectivity index (χ3n) is 5.00. The van der Waals surface area contributed by atoms with Gasteiger partial charge in [-0.05, 0) is 46.5 Å². The zero-order valence-corrected chi connectivity index (χ0v) is 18.1. The lowest BCUT2D eigenvalue weighted by atomic mass is 9.91. The molecule has 1 amide bonds. The van der Waals surface area contributed by atoms with Crippen LogP contribution in [0, 0.1) is 0 Å². The summed E-state index contributed by atoms with van der Waals surface area (Å²) in [7, 11) is 1.35. The number of aliphatic carboxylic acids is 1. The van der Waals surface area contributed by atoms with E-state index in [0.29, 0.717) is 0 Å². The number of rotatable bonds is 6. The molecule has 2 saturated carbocycles. The Balaban J connectivity index is 0.000000281. The van der Waals surface area contributed by atoms with Gasteiger partial charge in [0.1, 0.15) is 5.60 Å². The Labute approximate surface area is 169 Å². The summed E-state index contributed by atoms with van der Waals surface area (Å²) in [5.41, 5.74) is -0.653. The molecule has 1 atom stereocenters. The van der Waals surface area contributed by atoms with Crippen LogP contribution in [-0.2, 0) is 14.3 Å². The van der Waals surface area contributed by atoms with Crippen molar-refractivity contribution in [1.29, 1.82) is 0 Å². The van der Waals surface area contributed by atoms with Gasteiger partial charge in [-0.3, -0.25) is 0 Å². The second-order valence-electron chi connectivity index (χ2n) is 8.83. The molecule has 0 aliphatic heterocycles. The summed E-state index contributed by atoms with van der Waals surface area (Å²) in [4.78, 5) is 21.8. The molecule has 0 aromatic carbocycles. The van der Waals surface area contributed by atoms with Crippen LogP contribution in [0.4, 0.5) is 4.79 Å². The maximum atomic E-state index is 11.2. The summed E-state index contributed by atoms with van der Waals surface area (Å²) in [5, 5.41) is 14.7. The molecule has 7 nitrogen and oxygen atoms in total. The van der Waals surface area contributed by atoms with Gasteiger partial charge in [0.2, 0.25) is 0 Å². The standard InChI is InChI=1S/C12H23N.C9H17NO5/c1-3-7-11(8-4-1)13-12-9-5-2-6-10-12;1-9(2,3)15-8(13)10-6(5-14-4)7(11)12/h11-13H,1-10H2;6H,5H2,1-4H3,(H,10,13)(H,11,12). The van der Waals surface area contributed by atoms with Crippen LogP contribution < -0.4 is 10.6 Å². The smallest absolute Gasteiger partial charge is 0.408 e. The lowest BCUT2D eigenvalue weighted by Crippen LogP contribution is -2.45. The quantitative estimate of drug-likeness (QED) is 0.626. The molecule has 0 saturated heterocycles. The predicted octanol–water partition coefficient (Wildman–Crippen LogP) is 3.85. The van der Waals surface area contributed by atoms with E-state index in [1.165, 1.54) is 71.3 Å². The fourth-order valence-electron chi connectivity index (χ4n) is 3.66. The molecule has 2 aliphatic carbocycles. The number of amides is 1. The number of carbonyl (C=O) groups excluding carboxylic acids is 1. The molecule has 7 heteroatoms. The second-order valence-corrected chi connectivity index (χ2v) is 8.83. The number of hydrogen-bond acceptors (Lipinski definition) is 5. The molecule has 0 aromatic heterocycles. The lowest BCUT2D eigenvalue weighted by Gasteiger charge is -2.30. The van der Waals surface area contributed by atoms with Crippen molar-refractivity contribution in [2.24, 2.45) is 0 Å². The first kappa shape index (κ1) is 24.7. The summed E-state index contributed by atoms with van der Waals surface area (Å²) in [5.74, 6) is -1.16. The maximum Gasteiger partial charge on any atom is 0.408 e. The average molecular weight is 401 g/mol. The molecule has 3 N–H and O–H groups in total. The number of ether oxygens (including phenoxy) is 2. The number of alkyl carbamates (subject to hydrolysis) is 1. The van der Waals surface area contributed by atoms with Crippen molar-refractivity contribution in [2.45, 2.75) is 109 Å². The van der Waals surface area contributed by atoms with Crippen molar-refractivity contribution < 1.29 is 24.2 Å². The largest absolute Gasteiger partial charge is 0.480 e. The van der Waals surface area contributed by atoms with Gasteiger partial charge in [-0.2, -0.15) is 0 Å². The van der Waals surface area contributed by atoms with Crippen LogP contribution in [0.1, 0.15) is 85.0 Å². The molecule has 0 spiro atoms. The van der Waals surface area contributed by atoms with Gasteiger partial charge in [0.15, 0.2) is 6.04 Å². The van der Waals surface area contributed by atoms with Crippen LogP contribution in [-0.4, -0.2) is 54.6 Å². The highest BCUT2D eigenvalue weighted by Crippen LogP contribution is 2.22. The van der Waals surface area contributed by atoms with Gasteiger partial charge in [-0.25, -0.2) is 9.59 Å². The Morgan fingerprint density at radius 3 is 1.79 bits per heavy atom. The van der Waals surface area contributed by atoms with E-state index in [2.05, 4.69) is 15.4 Å². The van der Waals surface area contributed by atoms with Crippen LogP contribution in [0.5, 0.6) is 0 Å². The van der Waals surface area contributed by atoms with Gasteiger partial charge in [-0.1, -0.05) is 38.5 Å². The monoisotopic (exact) mass is 400 g/mol. The predicted molar refractivity (Wildman–Crippen MR) is 110 cm³/mol. The topological polar surface area (TPSA) is 96.9 Å². The highest BCUT2D eigenvalue weighted by atomic mass is 16.6. The Morgan fingerprint density at radius 1 is 0.964 bits per heavy atom. The summed E-state index contributed by atoms with van der Waals surface area (Å²) in [6.07, 6.45) is 13.8. The zero-order valence-electron chi connectivity index (χ0n) is 18.1. The van der Waals surface area contributed by atoms with Gasteiger partial charge in [0, 0.05) is 19.2 Å². The molecule has 0 bridgehead atoms. The molecule has 1 unspecified atom stereocenters. The van der Waals surface area contributed by atoms with Gasteiger partial charge in [0.25, 0.3) is 0 Å². The third kappa shape index (κ3) is 11.5. The molecule has 28 heavy (non-hydrogen) atoms. The van der Waals surface area contributed by atoms with E-state index < -0.39 is 23.7 Å². The van der Waals surface area contributed by atoms with Crippen molar-refractivity contribution in [3.63, 3.8) is 0 Å². The number of methoxy groups -OCH3 is 1. The Kier molecular flexibility index (Phi) is 11.5. The van der Waals surface area contributed by atoms with E-state index in [4.69, 9.17) is 9.84 Å². The zero-order chi connectivity index (χ0) is 21.0. The van der Waals surface area contributed by atoms with Crippen molar-refractivity contribution in [2.75, 3.05) is 13.7 Å². The lowest BCUT2D eigenvalue weighted by molar-refractivity contribution is -0.140. The molecule has 164 valence electrons. The Bertz CT molecular complexity index is 436. The SMILES string of the molecule is C1CCC(NC2CCCCC2)CC1.COCC(NC(=O)OC(C)(C)C)C(=O)O. The fourth-order valence-corrected chi connectivity index (χ4v) is 3.66. The van der Waals surface area contributed by atoms with Gasteiger partial charge >= 0.3 is 12.1 Å². The molecule has 0 aromatic rings. The summed E-state index contributed by atoms with van der Waals surface area (Å²) in [6, 6.07) is 0.651. The first-order valence-corrected chi connectivity index (χ1v) is 10.7. The number of carboxylic acid groups (broad SMARTS) is 1. The molecule has 2 aliphatic rings. The van der Waals surface area contributed by atoms with Crippen molar-refractivity contribution >= 4 is 12.1 Å². The van der Waals surface area contributed by atoms with Gasteiger partial charge in [-0.15, -0.1) is 0 Å². The van der Waals surface area contributed by atoms with Crippen molar-refractivity contribution in [3.05, 3.63) is 0 Å². The van der Waals surface area contributed by atoms with Crippen LogP contribution in [0.2, 0.25) is 0 Å². The first-order valence-electron chi connectivity index (χ1n) is 10.7. The Hall–Kier alpha value is -1.34. The van der Waals surface area contributed by atoms with E-state index in [1.54, 1.807) is 20.8 Å². The molecular weight excluding hydrogens is 360 g/mol. The average Bonchev–Trinajstić information content (AvgIpc) is 2.62. The second kappa shape index (κ2) is 13.0. The minimum Gasteiger partial charge on any atom is -0.480 e. The normalized spacial score (nSPS) is 19.9. The van der Waals surface area contributed by atoms with Crippen LogP contribution in [0.25, 0.3) is 0 Å². The van der Waals surface area contributed by atoms with E-state index >= 15 is 0 Å². The van der Waals surface area contributed by atoms with Crippen LogP contribution in [0.3, 0.4) is 0 Å². The highest BCUT2D eigenvalue weighted by molar-refractivity contribution is 5.80. The van der Waals surface area contributed by atoms with Crippen molar-refractivity contribution in [1.82, 2.24) is 10.6 Å². The van der Waals surface area contributed by atoms with E-state index in [0.717, 1.165) is 12.1 Å². The van der Waals surface area contributed by atoms with Crippen LogP contribution >= 0.6 is 0 Å². The molecule has 0 heterocycles. The minimum absolute atomic E-state index is 0.103. The van der Waals surface area contributed by atoms with E-state index in [1.807, 2.05) is 0 Å². The summed E-state index contributed by atoms with van der Waals surface area (Å²) in [6.45, 7) is 4.98. The summed E-state index contributed by atoms with van der Waals surface area (Å²) < 4.78 is 9.54. The van der Waals surface area contributed by atoms with Crippen LogP contribution in [0.15, 0.2) is 0 Å². The maximum absolute atomic E-state index is 11.2. The molecule has 2 fully saturated rings. The number of nitrogens with one attached hydrogen (secondary N) is 2. The number of carbonyl (C=O) groups is 2. The first-order chi connectivity index (χ1) is 13.2. The molecule has 2 rings (SSSR count). The van der Waals surface area contributed by atoms with Gasteiger partial charge in [0.05, 0.1) is 6.61 Å². The third-order valence-corrected chi connectivity index (χ3v) is 5.00. The molecular formula is C21H40N2O5. The Morgan fingerprint density at radius 2 is 1.43 bits per heavy atom. The molecule has 0 radical (unpaired) electrons. The highest BCUT2D eigenvalue weighted by Gasteiger charge is 2.23.